The highest BCUT2D eigenvalue weighted by Gasteiger charge is 2.37. The number of rotatable bonds is 8. The molecule has 10 heteroatoms. The van der Waals surface area contributed by atoms with E-state index in [2.05, 4.69) is 10.6 Å². The van der Waals surface area contributed by atoms with Crippen LogP contribution in [0.3, 0.4) is 0 Å². The molecule has 1 atom stereocenters. The van der Waals surface area contributed by atoms with Gasteiger partial charge in [0.05, 0.1) is 9.82 Å². The quantitative estimate of drug-likeness (QED) is 0.375. The summed E-state index contributed by atoms with van der Waals surface area (Å²) in [5.74, 6) is -0.320. The molecule has 2 aromatic carbocycles. The summed E-state index contributed by atoms with van der Waals surface area (Å²) < 4.78 is 27.3. The molecule has 0 saturated carbocycles. The smallest absolute Gasteiger partial charge is 0.269 e. The number of benzene rings is 2. The van der Waals surface area contributed by atoms with Crippen LogP contribution in [0.4, 0.5) is 11.4 Å². The standard InChI is InChI=1S/C20H24N4O5S/c25-20(22-14-13-21-16-9-11-17(12-10-16)24(26)27)19-8-4-5-15-23(19)30(28,29)18-6-2-1-3-7-18/h1-3,6-7,9-12,19,21H,4-5,8,13-15H2,(H,22,25). The summed E-state index contributed by atoms with van der Waals surface area (Å²) in [6.45, 7) is 1.02. The normalized spacial score (nSPS) is 17.3. The fraction of sp³-hybridized carbons (Fsp3) is 0.350. The zero-order valence-corrected chi connectivity index (χ0v) is 17.2. The van der Waals surface area contributed by atoms with Gasteiger partial charge in [-0.1, -0.05) is 24.6 Å². The Morgan fingerprint density at radius 3 is 2.43 bits per heavy atom. The van der Waals surface area contributed by atoms with Crippen LogP contribution < -0.4 is 10.6 Å². The Labute approximate surface area is 175 Å². The Bertz CT molecular complexity index is 980. The molecule has 160 valence electrons. The predicted octanol–water partition coefficient (Wildman–Crippen LogP) is 2.37. The van der Waals surface area contributed by atoms with E-state index >= 15 is 0 Å². The summed E-state index contributed by atoms with van der Waals surface area (Å²) in [6.07, 6.45) is 1.99. The Kier molecular flexibility index (Phi) is 7.01. The number of non-ortho nitro benzene ring substituents is 1. The van der Waals surface area contributed by atoms with Crippen LogP contribution in [0.2, 0.25) is 0 Å². The van der Waals surface area contributed by atoms with Crippen molar-refractivity contribution in [3.8, 4) is 0 Å². The average Bonchev–Trinajstić information content (AvgIpc) is 2.77. The van der Waals surface area contributed by atoms with E-state index in [1.54, 1.807) is 30.3 Å². The highest BCUT2D eigenvalue weighted by molar-refractivity contribution is 7.89. The van der Waals surface area contributed by atoms with Crippen LogP contribution in [-0.4, -0.2) is 49.2 Å². The SMILES string of the molecule is O=C(NCCNc1ccc([N+](=O)[O-])cc1)C1CCCCN1S(=O)(=O)c1ccccc1. The summed E-state index contributed by atoms with van der Waals surface area (Å²) in [4.78, 5) is 23.1. The molecule has 1 heterocycles. The Morgan fingerprint density at radius 2 is 1.77 bits per heavy atom. The molecule has 0 bridgehead atoms. The van der Waals surface area contributed by atoms with Crippen LogP contribution in [0.15, 0.2) is 59.5 Å². The lowest BCUT2D eigenvalue weighted by molar-refractivity contribution is -0.384. The van der Waals surface area contributed by atoms with E-state index < -0.39 is 21.0 Å². The number of nitro groups is 1. The summed E-state index contributed by atoms with van der Waals surface area (Å²) in [7, 11) is -3.74. The molecule has 3 rings (SSSR count). The number of anilines is 1. The molecule has 0 aliphatic carbocycles. The molecule has 30 heavy (non-hydrogen) atoms. The lowest BCUT2D eigenvalue weighted by Gasteiger charge is -2.33. The van der Waals surface area contributed by atoms with Gasteiger partial charge in [-0.2, -0.15) is 4.31 Å². The molecule has 2 aromatic rings. The summed E-state index contributed by atoms with van der Waals surface area (Å²) in [5, 5.41) is 16.5. The van der Waals surface area contributed by atoms with Crippen LogP contribution in [0.1, 0.15) is 19.3 Å². The number of nitro benzene ring substituents is 1. The van der Waals surface area contributed by atoms with E-state index in [0.29, 0.717) is 31.7 Å². The van der Waals surface area contributed by atoms with Crippen LogP contribution in [0.5, 0.6) is 0 Å². The average molecular weight is 433 g/mol. The summed E-state index contributed by atoms with van der Waals surface area (Å²) in [6, 6.07) is 13.4. The molecule has 0 radical (unpaired) electrons. The minimum absolute atomic E-state index is 0.00543. The first-order chi connectivity index (χ1) is 14.4. The van der Waals surface area contributed by atoms with E-state index in [4.69, 9.17) is 0 Å². The highest BCUT2D eigenvalue weighted by atomic mass is 32.2. The second-order valence-electron chi connectivity index (χ2n) is 6.96. The van der Waals surface area contributed by atoms with Crippen molar-refractivity contribution >= 4 is 27.3 Å². The molecule has 0 aromatic heterocycles. The van der Waals surface area contributed by atoms with Gasteiger partial charge in [0.25, 0.3) is 5.69 Å². The van der Waals surface area contributed by atoms with Gasteiger partial charge in [-0.15, -0.1) is 0 Å². The van der Waals surface area contributed by atoms with Crippen molar-refractivity contribution in [2.75, 3.05) is 25.0 Å². The van der Waals surface area contributed by atoms with Gasteiger partial charge >= 0.3 is 0 Å². The Balaban J connectivity index is 1.56. The highest BCUT2D eigenvalue weighted by Crippen LogP contribution is 2.25. The van der Waals surface area contributed by atoms with Crippen molar-refractivity contribution in [3.63, 3.8) is 0 Å². The van der Waals surface area contributed by atoms with Crippen molar-refractivity contribution < 1.29 is 18.1 Å². The monoisotopic (exact) mass is 432 g/mol. The number of sulfonamides is 1. The van der Waals surface area contributed by atoms with Gasteiger partial charge in [-0.25, -0.2) is 8.42 Å². The summed E-state index contributed by atoms with van der Waals surface area (Å²) >= 11 is 0. The lowest BCUT2D eigenvalue weighted by Crippen LogP contribution is -2.52. The molecule has 1 aliphatic heterocycles. The van der Waals surface area contributed by atoms with Gasteiger partial charge in [0.1, 0.15) is 6.04 Å². The van der Waals surface area contributed by atoms with Crippen molar-refractivity contribution in [1.29, 1.82) is 0 Å². The van der Waals surface area contributed by atoms with Crippen molar-refractivity contribution in [2.45, 2.75) is 30.2 Å². The number of nitrogens with one attached hydrogen (secondary N) is 2. The maximum atomic E-state index is 13.0. The van der Waals surface area contributed by atoms with E-state index in [-0.39, 0.29) is 16.5 Å². The van der Waals surface area contributed by atoms with Gasteiger partial charge in [-0.05, 0) is 37.1 Å². The first-order valence-electron chi connectivity index (χ1n) is 9.72. The van der Waals surface area contributed by atoms with Gasteiger partial charge in [-0.3, -0.25) is 14.9 Å². The number of piperidine rings is 1. The van der Waals surface area contributed by atoms with Gasteiger partial charge in [0.15, 0.2) is 0 Å². The third kappa shape index (κ3) is 5.14. The minimum Gasteiger partial charge on any atom is -0.383 e. The van der Waals surface area contributed by atoms with E-state index in [0.717, 1.165) is 12.8 Å². The maximum absolute atomic E-state index is 13.0. The topological polar surface area (TPSA) is 122 Å². The van der Waals surface area contributed by atoms with E-state index in [1.165, 1.54) is 28.6 Å². The Hall–Kier alpha value is -2.98. The van der Waals surface area contributed by atoms with Gasteiger partial charge in [0.2, 0.25) is 15.9 Å². The van der Waals surface area contributed by atoms with Crippen LogP contribution in [-0.2, 0) is 14.8 Å². The third-order valence-electron chi connectivity index (χ3n) is 4.94. The van der Waals surface area contributed by atoms with Crippen molar-refractivity contribution in [1.82, 2.24) is 9.62 Å². The van der Waals surface area contributed by atoms with Crippen molar-refractivity contribution in [2.24, 2.45) is 0 Å². The molecule has 1 saturated heterocycles. The van der Waals surface area contributed by atoms with Gasteiger partial charge < -0.3 is 10.6 Å². The molecule has 2 N–H and O–H groups in total. The molecular formula is C20H24N4O5S. The molecular weight excluding hydrogens is 408 g/mol. The predicted molar refractivity (Wildman–Crippen MR) is 113 cm³/mol. The largest absolute Gasteiger partial charge is 0.383 e. The first kappa shape index (κ1) is 21.7. The minimum atomic E-state index is -3.74. The Morgan fingerprint density at radius 1 is 1.07 bits per heavy atom. The number of amides is 1. The second kappa shape index (κ2) is 9.68. The number of carbonyl (C=O) groups is 1. The fourth-order valence-electron chi connectivity index (χ4n) is 3.39. The molecule has 1 aliphatic rings. The van der Waals surface area contributed by atoms with E-state index in [1.807, 2.05) is 0 Å². The number of nitrogens with zero attached hydrogens (tertiary/aromatic N) is 2. The molecule has 1 unspecified atom stereocenters. The molecule has 1 fully saturated rings. The zero-order valence-electron chi connectivity index (χ0n) is 16.4. The van der Waals surface area contributed by atoms with Crippen LogP contribution >= 0.6 is 0 Å². The first-order valence-corrected chi connectivity index (χ1v) is 11.2. The van der Waals surface area contributed by atoms with Gasteiger partial charge in [0, 0.05) is 37.5 Å². The van der Waals surface area contributed by atoms with Crippen LogP contribution in [0.25, 0.3) is 0 Å². The number of hydrogen-bond donors (Lipinski definition) is 2. The number of carbonyl (C=O) groups excluding carboxylic acids is 1. The lowest BCUT2D eigenvalue weighted by atomic mass is 10.0. The second-order valence-corrected chi connectivity index (χ2v) is 8.85. The van der Waals surface area contributed by atoms with Crippen LogP contribution in [0, 0.1) is 10.1 Å². The molecule has 0 spiro atoms. The third-order valence-corrected chi connectivity index (χ3v) is 6.86. The van der Waals surface area contributed by atoms with Crippen molar-refractivity contribution in [3.05, 3.63) is 64.7 Å². The van der Waals surface area contributed by atoms with E-state index in [9.17, 15) is 23.3 Å². The number of hydrogen-bond acceptors (Lipinski definition) is 6. The summed E-state index contributed by atoms with van der Waals surface area (Å²) in [5.41, 5.74) is 0.701. The molecule has 1 amide bonds. The maximum Gasteiger partial charge on any atom is 0.269 e. The molecule has 9 nitrogen and oxygen atoms in total. The zero-order chi connectivity index (χ0) is 21.6. The fourth-order valence-corrected chi connectivity index (χ4v) is 5.07.